The Bertz CT molecular complexity index is 1430. The van der Waals surface area contributed by atoms with E-state index in [0.29, 0.717) is 22.9 Å². The molecule has 4 aromatic rings. The maximum atomic E-state index is 13.5. The molecule has 4 rings (SSSR count). The Kier molecular flexibility index (Phi) is 6.41. The lowest BCUT2D eigenvalue weighted by Gasteiger charge is -2.14. The van der Waals surface area contributed by atoms with Gasteiger partial charge in [0, 0.05) is 23.5 Å². The van der Waals surface area contributed by atoms with Crippen molar-refractivity contribution in [2.24, 2.45) is 0 Å². The van der Waals surface area contributed by atoms with Crippen molar-refractivity contribution in [3.05, 3.63) is 89.9 Å². The van der Waals surface area contributed by atoms with Crippen molar-refractivity contribution < 1.29 is 34.8 Å². The molecular formula is C23H15F6N3O2S. The summed E-state index contributed by atoms with van der Waals surface area (Å²) in [5.41, 5.74) is -1.34. The van der Waals surface area contributed by atoms with Crippen LogP contribution in [0.3, 0.4) is 0 Å². The summed E-state index contributed by atoms with van der Waals surface area (Å²) in [6, 6.07) is 13.7. The maximum absolute atomic E-state index is 13.5. The number of thiol groups is 1. The molecule has 35 heavy (non-hydrogen) atoms. The van der Waals surface area contributed by atoms with Crippen molar-refractivity contribution in [3.63, 3.8) is 0 Å². The molecule has 0 fully saturated rings. The molecule has 0 saturated heterocycles. The molecule has 0 aliphatic heterocycles. The minimum atomic E-state index is -4.89. The fourth-order valence-corrected chi connectivity index (χ4v) is 4.00. The van der Waals surface area contributed by atoms with Crippen molar-refractivity contribution in [1.29, 1.82) is 0 Å². The van der Waals surface area contributed by atoms with Gasteiger partial charge >= 0.3 is 12.4 Å². The fraction of sp³-hybridized carbons (Fsp3) is 0.130. The number of imidazole rings is 1. The van der Waals surface area contributed by atoms with Crippen LogP contribution in [0, 0.1) is 0 Å². The molecule has 0 saturated carbocycles. The van der Waals surface area contributed by atoms with Gasteiger partial charge in [-0.2, -0.15) is 26.3 Å². The molecule has 0 aliphatic rings. The molecule has 0 spiro atoms. The SMILES string of the molecule is O=[SH](=O)Cc1cccc(-c2ccc(-n3cc(C(F)(F)F)nc3-c3ccccc3C(F)(F)F)nc2)c1. The van der Waals surface area contributed by atoms with Gasteiger partial charge in [-0.15, -0.1) is 0 Å². The number of aromatic nitrogens is 3. The largest absolute Gasteiger partial charge is 0.434 e. The van der Waals surface area contributed by atoms with E-state index in [0.717, 1.165) is 22.8 Å². The second-order valence-electron chi connectivity index (χ2n) is 7.46. The van der Waals surface area contributed by atoms with Gasteiger partial charge in [0.2, 0.25) is 0 Å². The number of nitrogens with zero attached hydrogens (tertiary/aromatic N) is 3. The van der Waals surface area contributed by atoms with Gasteiger partial charge in [-0.1, -0.05) is 42.5 Å². The van der Waals surface area contributed by atoms with Gasteiger partial charge in [0.1, 0.15) is 22.3 Å². The van der Waals surface area contributed by atoms with Gasteiger partial charge in [-0.3, -0.25) is 4.57 Å². The molecule has 0 radical (unpaired) electrons. The Morgan fingerprint density at radius 3 is 2.20 bits per heavy atom. The molecule has 2 aromatic heterocycles. The van der Waals surface area contributed by atoms with E-state index in [9.17, 15) is 34.8 Å². The highest BCUT2D eigenvalue weighted by Crippen LogP contribution is 2.39. The Morgan fingerprint density at radius 1 is 0.829 bits per heavy atom. The molecule has 5 nitrogen and oxygen atoms in total. The third kappa shape index (κ3) is 5.37. The van der Waals surface area contributed by atoms with Crippen molar-refractivity contribution in [3.8, 4) is 28.3 Å². The van der Waals surface area contributed by atoms with Crippen LogP contribution in [0.1, 0.15) is 16.8 Å². The number of halogens is 6. The Labute approximate surface area is 196 Å². The highest BCUT2D eigenvalue weighted by atomic mass is 32.2. The molecule has 0 aliphatic carbocycles. The first-order valence-corrected chi connectivity index (χ1v) is 11.3. The van der Waals surface area contributed by atoms with E-state index in [1.165, 1.54) is 24.4 Å². The van der Waals surface area contributed by atoms with Crippen molar-refractivity contribution in [1.82, 2.24) is 14.5 Å². The maximum Gasteiger partial charge on any atom is 0.434 e. The van der Waals surface area contributed by atoms with E-state index < -0.39 is 45.7 Å². The zero-order chi connectivity index (χ0) is 25.4. The summed E-state index contributed by atoms with van der Waals surface area (Å²) >= 11 is 0. The molecule has 2 aromatic carbocycles. The quantitative estimate of drug-likeness (QED) is 0.274. The number of hydrogen-bond donors (Lipinski definition) is 1. The summed E-state index contributed by atoms with van der Waals surface area (Å²) in [4.78, 5) is 7.61. The van der Waals surface area contributed by atoms with E-state index in [1.54, 1.807) is 24.3 Å². The monoisotopic (exact) mass is 511 g/mol. The van der Waals surface area contributed by atoms with Gasteiger partial charge in [-0.05, 0) is 29.3 Å². The average Bonchev–Trinajstić information content (AvgIpc) is 3.24. The van der Waals surface area contributed by atoms with Crippen LogP contribution < -0.4 is 0 Å². The Balaban J connectivity index is 1.81. The van der Waals surface area contributed by atoms with Gasteiger partial charge in [0.15, 0.2) is 5.69 Å². The van der Waals surface area contributed by atoms with Crippen LogP contribution in [0.15, 0.2) is 73.1 Å². The highest BCUT2D eigenvalue weighted by Gasteiger charge is 2.38. The number of hydrogen-bond acceptors (Lipinski definition) is 4. The average molecular weight is 511 g/mol. The molecule has 0 unspecified atom stereocenters. The number of rotatable bonds is 5. The van der Waals surface area contributed by atoms with Gasteiger partial charge < -0.3 is 0 Å². The lowest BCUT2D eigenvalue weighted by molar-refractivity contribution is -0.140. The van der Waals surface area contributed by atoms with Crippen molar-refractivity contribution in [2.45, 2.75) is 18.1 Å². The predicted octanol–water partition coefficient (Wildman–Crippen LogP) is 5.75. The fourth-order valence-electron chi connectivity index (χ4n) is 3.50. The van der Waals surface area contributed by atoms with Crippen LogP contribution in [0.2, 0.25) is 0 Å². The number of alkyl halides is 6. The van der Waals surface area contributed by atoms with Gasteiger partial charge in [0.25, 0.3) is 0 Å². The molecule has 0 N–H and O–H groups in total. The van der Waals surface area contributed by atoms with Crippen LogP contribution in [0.25, 0.3) is 28.3 Å². The van der Waals surface area contributed by atoms with Crippen LogP contribution >= 0.6 is 0 Å². The first-order valence-electron chi connectivity index (χ1n) is 9.94. The molecule has 2 heterocycles. The third-order valence-electron chi connectivity index (χ3n) is 5.04. The molecule has 0 amide bonds. The van der Waals surface area contributed by atoms with E-state index >= 15 is 0 Å². The normalized spacial score (nSPS) is 12.3. The second kappa shape index (κ2) is 9.17. The van der Waals surface area contributed by atoms with Crippen LogP contribution in [-0.2, 0) is 28.8 Å². The lowest BCUT2D eigenvalue weighted by Crippen LogP contribution is -2.09. The minimum Gasteiger partial charge on any atom is -0.283 e. The van der Waals surface area contributed by atoms with E-state index in [1.807, 2.05) is 0 Å². The summed E-state index contributed by atoms with van der Waals surface area (Å²) in [6.45, 7) is 0. The molecule has 12 heteroatoms. The lowest BCUT2D eigenvalue weighted by atomic mass is 10.1. The van der Waals surface area contributed by atoms with Crippen LogP contribution in [0.5, 0.6) is 0 Å². The smallest absolute Gasteiger partial charge is 0.283 e. The summed E-state index contributed by atoms with van der Waals surface area (Å²) in [6.07, 6.45) is -7.78. The number of pyridine rings is 1. The number of benzene rings is 2. The Hall–Kier alpha value is -3.67. The van der Waals surface area contributed by atoms with Crippen molar-refractivity contribution in [2.75, 3.05) is 0 Å². The predicted molar refractivity (Wildman–Crippen MR) is 116 cm³/mol. The van der Waals surface area contributed by atoms with Gasteiger partial charge in [-0.25, -0.2) is 18.4 Å². The standard InChI is InChI=1S/C23H15F6N3O2S/c24-22(25,26)18-7-2-1-6-17(18)21-31-19(23(27,28)29)12-32(21)20-9-8-16(11-30-20)15-5-3-4-14(10-15)13-35(33)34/h1-12,35H,13H2. The zero-order valence-electron chi connectivity index (χ0n) is 17.5. The van der Waals surface area contributed by atoms with E-state index in [4.69, 9.17) is 0 Å². The summed E-state index contributed by atoms with van der Waals surface area (Å²) in [5, 5.41) is 0. The topological polar surface area (TPSA) is 64.8 Å². The van der Waals surface area contributed by atoms with Gasteiger partial charge in [0.05, 0.1) is 11.3 Å². The summed E-state index contributed by atoms with van der Waals surface area (Å²) in [7, 11) is -2.64. The minimum absolute atomic E-state index is 0.0810. The Morgan fingerprint density at radius 2 is 1.57 bits per heavy atom. The molecule has 182 valence electrons. The molecular weight excluding hydrogens is 496 g/mol. The van der Waals surface area contributed by atoms with Crippen LogP contribution in [-0.4, -0.2) is 23.0 Å². The highest BCUT2D eigenvalue weighted by molar-refractivity contribution is 7.71. The van der Waals surface area contributed by atoms with E-state index in [2.05, 4.69) is 9.97 Å². The summed E-state index contributed by atoms with van der Waals surface area (Å²) in [5.74, 6) is -0.805. The van der Waals surface area contributed by atoms with Crippen LogP contribution in [0.4, 0.5) is 26.3 Å². The first-order chi connectivity index (χ1) is 16.4. The first kappa shape index (κ1) is 24.5. The zero-order valence-corrected chi connectivity index (χ0v) is 18.4. The summed E-state index contributed by atoms with van der Waals surface area (Å²) < 4.78 is 104. The van der Waals surface area contributed by atoms with Crippen molar-refractivity contribution >= 4 is 10.7 Å². The van der Waals surface area contributed by atoms with E-state index in [-0.39, 0.29) is 11.6 Å². The third-order valence-corrected chi connectivity index (χ3v) is 5.66. The molecule has 0 bridgehead atoms. The second-order valence-corrected chi connectivity index (χ2v) is 8.44. The molecule has 0 atom stereocenters.